The number of hydrogen-bond acceptors (Lipinski definition) is 6. The fraction of sp³-hybridized carbons (Fsp3) is 0. The van der Waals surface area contributed by atoms with Gasteiger partial charge in [-0.25, -0.2) is 17.9 Å². The Morgan fingerprint density at radius 1 is 1.37 bits per heavy atom. The number of rotatable bonds is 3. The van der Waals surface area contributed by atoms with E-state index in [-0.39, 0.29) is 10.6 Å². The van der Waals surface area contributed by atoms with Crippen molar-refractivity contribution in [2.24, 2.45) is 5.14 Å². The average molecular weight is 302 g/mol. The molecule has 3 N–H and O–H groups in total. The molecule has 19 heavy (non-hydrogen) atoms. The third-order valence-electron chi connectivity index (χ3n) is 2.04. The van der Waals surface area contributed by atoms with Gasteiger partial charge in [-0.15, -0.1) is 5.10 Å². The Morgan fingerprint density at radius 2 is 2.11 bits per heavy atom. The third-order valence-corrected chi connectivity index (χ3v) is 3.60. The van der Waals surface area contributed by atoms with Crippen LogP contribution in [0.25, 0.3) is 0 Å². The number of nitrogens with two attached hydrogens (primary N) is 1. The van der Waals surface area contributed by atoms with E-state index in [1.54, 1.807) is 0 Å². The van der Waals surface area contributed by atoms with Crippen LogP contribution < -0.4 is 10.5 Å². The molecule has 0 aliphatic heterocycles. The van der Waals surface area contributed by atoms with E-state index in [1.807, 2.05) is 0 Å². The Bertz CT molecular complexity index is 715. The highest BCUT2D eigenvalue weighted by Crippen LogP contribution is 2.18. The van der Waals surface area contributed by atoms with E-state index in [0.717, 1.165) is 29.7 Å². The summed E-state index contributed by atoms with van der Waals surface area (Å²) >= 11 is 0.854. The third kappa shape index (κ3) is 3.30. The van der Waals surface area contributed by atoms with E-state index in [9.17, 15) is 17.6 Å². The molecule has 0 atom stereocenters. The molecule has 1 heterocycles. The van der Waals surface area contributed by atoms with Gasteiger partial charge in [-0.05, 0) is 29.7 Å². The van der Waals surface area contributed by atoms with Crippen LogP contribution in [-0.2, 0) is 10.0 Å². The molecule has 0 spiro atoms. The van der Waals surface area contributed by atoms with Crippen molar-refractivity contribution < 1.29 is 17.6 Å². The maximum Gasteiger partial charge on any atom is 0.269 e. The Labute approximate surface area is 111 Å². The molecule has 2 aromatic rings. The highest BCUT2D eigenvalue weighted by molar-refractivity contribution is 7.89. The largest absolute Gasteiger partial charge is 0.321 e. The average Bonchev–Trinajstić information content (AvgIpc) is 2.80. The fourth-order valence-electron chi connectivity index (χ4n) is 1.26. The molecule has 10 heteroatoms. The summed E-state index contributed by atoms with van der Waals surface area (Å²) in [5.74, 6) is -1.40. The van der Waals surface area contributed by atoms with Gasteiger partial charge in [0, 0.05) is 5.69 Å². The summed E-state index contributed by atoms with van der Waals surface area (Å²) in [6, 6.07) is 2.80. The highest BCUT2D eigenvalue weighted by Gasteiger charge is 2.14. The van der Waals surface area contributed by atoms with E-state index < -0.39 is 26.6 Å². The van der Waals surface area contributed by atoms with Gasteiger partial charge in [-0.3, -0.25) is 4.79 Å². The van der Waals surface area contributed by atoms with Crippen LogP contribution in [0.1, 0.15) is 9.67 Å². The second-order valence-electron chi connectivity index (χ2n) is 3.46. The predicted molar refractivity (Wildman–Crippen MR) is 65.6 cm³/mol. The zero-order chi connectivity index (χ0) is 14.0. The molecule has 0 aliphatic carbocycles. The maximum absolute atomic E-state index is 13.3. The Balaban J connectivity index is 2.31. The zero-order valence-electron chi connectivity index (χ0n) is 9.20. The molecule has 0 saturated heterocycles. The van der Waals surface area contributed by atoms with Gasteiger partial charge in [0.2, 0.25) is 10.0 Å². The lowest BCUT2D eigenvalue weighted by atomic mass is 10.3. The van der Waals surface area contributed by atoms with Gasteiger partial charge in [-0.1, -0.05) is 4.49 Å². The van der Waals surface area contributed by atoms with Gasteiger partial charge in [0.25, 0.3) is 5.91 Å². The normalized spacial score (nSPS) is 11.3. The van der Waals surface area contributed by atoms with Gasteiger partial charge in [0.05, 0.1) is 11.1 Å². The molecule has 0 unspecified atom stereocenters. The number of hydrogen-bond donors (Lipinski definition) is 2. The molecule has 0 fully saturated rings. The van der Waals surface area contributed by atoms with E-state index in [1.165, 1.54) is 6.20 Å². The van der Waals surface area contributed by atoms with E-state index in [0.29, 0.717) is 0 Å². The smallest absolute Gasteiger partial charge is 0.269 e. The first-order valence-electron chi connectivity index (χ1n) is 4.78. The van der Waals surface area contributed by atoms with E-state index in [2.05, 4.69) is 14.9 Å². The molecule has 1 amide bonds. The summed E-state index contributed by atoms with van der Waals surface area (Å²) in [4.78, 5) is 11.4. The maximum atomic E-state index is 13.3. The minimum Gasteiger partial charge on any atom is -0.321 e. The highest BCUT2D eigenvalue weighted by atomic mass is 32.2. The van der Waals surface area contributed by atoms with Crippen molar-refractivity contribution in [2.45, 2.75) is 4.90 Å². The fourth-order valence-corrected chi connectivity index (χ4v) is 2.24. The molecule has 7 nitrogen and oxygen atoms in total. The lowest BCUT2D eigenvalue weighted by molar-refractivity contribution is 0.103. The predicted octanol–water partition coefficient (Wildman–Crippen LogP) is 0.577. The summed E-state index contributed by atoms with van der Waals surface area (Å²) in [6.07, 6.45) is 1.24. The summed E-state index contributed by atoms with van der Waals surface area (Å²) in [5, 5.41) is 10.7. The summed E-state index contributed by atoms with van der Waals surface area (Å²) in [6.45, 7) is 0. The molecule has 100 valence electrons. The molecule has 2 rings (SSSR count). The van der Waals surface area contributed by atoms with Crippen molar-refractivity contribution in [3.8, 4) is 0 Å². The molecule has 0 bridgehead atoms. The lowest BCUT2D eigenvalue weighted by Crippen LogP contribution is -2.14. The zero-order valence-corrected chi connectivity index (χ0v) is 10.8. The van der Waals surface area contributed by atoms with Crippen molar-refractivity contribution in [1.29, 1.82) is 0 Å². The number of carbonyl (C=O) groups is 1. The molecule has 0 aliphatic rings. The summed E-state index contributed by atoms with van der Waals surface area (Å²) in [7, 11) is -4.05. The van der Waals surface area contributed by atoms with Gasteiger partial charge < -0.3 is 5.32 Å². The minimum absolute atomic E-state index is 0.0255. The first-order chi connectivity index (χ1) is 8.86. The molecule has 1 aromatic carbocycles. The van der Waals surface area contributed by atoms with Crippen molar-refractivity contribution in [1.82, 2.24) is 9.59 Å². The number of carbonyl (C=O) groups excluding carboxylic acids is 1. The number of anilines is 1. The number of sulfonamides is 1. The van der Waals surface area contributed by atoms with Crippen molar-refractivity contribution in [2.75, 3.05) is 5.32 Å². The molecular weight excluding hydrogens is 295 g/mol. The van der Waals surface area contributed by atoms with Gasteiger partial charge in [0.1, 0.15) is 10.7 Å². The van der Waals surface area contributed by atoms with Gasteiger partial charge in [-0.2, -0.15) is 0 Å². The lowest BCUT2D eigenvalue weighted by Gasteiger charge is -2.05. The van der Waals surface area contributed by atoms with E-state index >= 15 is 0 Å². The first-order valence-corrected chi connectivity index (χ1v) is 7.10. The number of primary sulfonamides is 1. The Morgan fingerprint density at radius 3 is 2.68 bits per heavy atom. The van der Waals surface area contributed by atoms with Crippen LogP contribution in [-0.4, -0.2) is 23.9 Å². The van der Waals surface area contributed by atoms with Crippen LogP contribution in [0.4, 0.5) is 10.1 Å². The molecule has 0 saturated carbocycles. The van der Waals surface area contributed by atoms with Crippen molar-refractivity contribution in [3.05, 3.63) is 35.1 Å². The number of nitrogens with zero attached hydrogens (tertiary/aromatic N) is 2. The van der Waals surface area contributed by atoms with Crippen molar-refractivity contribution >= 4 is 33.2 Å². The van der Waals surface area contributed by atoms with Crippen LogP contribution in [0.5, 0.6) is 0 Å². The monoisotopic (exact) mass is 302 g/mol. The summed E-state index contributed by atoms with van der Waals surface area (Å²) < 4.78 is 39.0. The Hall–Kier alpha value is -1.91. The second kappa shape index (κ2) is 4.99. The summed E-state index contributed by atoms with van der Waals surface area (Å²) in [5.41, 5.74) is -0.0255. The number of nitrogens with one attached hydrogen (secondary N) is 1. The van der Waals surface area contributed by atoms with Crippen LogP contribution in [0.2, 0.25) is 0 Å². The number of amides is 1. The van der Waals surface area contributed by atoms with E-state index in [4.69, 9.17) is 5.14 Å². The van der Waals surface area contributed by atoms with Gasteiger partial charge in [0.15, 0.2) is 0 Å². The van der Waals surface area contributed by atoms with Crippen LogP contribution in [0.3, 0.4) is 0 Å². The number of benzene rings is 1. The molecular formula is C9H7FN4O3S2. The van der Waals surface area contributed by atoms with Crippen LogP contribution in [0.15, 0.2) is 29.3 Å². The SMILES string of the molecule is NS(=O)(=O)c1cc(F)cc(NC(=O)c2cnns2)c1. The van der Waals surface area contributed by atoms with Crippen LogP contribution in [0, 0.1) is 5.82 Å². The second-order valence-corrected chi connectivity index (χ2v) is 5.80. The number of aromatic nitrogens is 2. The molecule has 1 aromatic heterocycles. The van der Waals surface area contributed by atoms with Gasteiger partial charge >= 0.3 is 0 Å². The van der Waals surface area contributed by atoms with Crippen molar-refractivity contribution in [3.63, 3.8) is 0 Å². The first kappa shape index (κ1) is 13.5. The standard InChI is InChI=1S/C9H7FN4O3S2/c10-5-1-6(3-7(2-5)19(11,16)17)13-9(15)8-4-12-14-18-8/h1-4H,(H,13,15)(H2,11,16,17). The Kier molecular flexibility index (Phi) is 3.55. The number of halogens is 1. The van der Waals surface area contributed by atoms with Crippen LogP contribution >= 0.6 is 11.5 Å². The minimum atomic E-state index is -4.05. The quantitative estimate of drug-likeness (QED) is 0.860. The topological polar surface area (TPSA) is 115 Å². The molecule has 0 radical (unpaired) electrons.